The molecule has 0 N–H and O–H groups in total. The van der Waals surface area contributed by atoms with Crippen molar-refractivity contribution in [2.45, 2.75) is 79.2 Å². The summed E-state index contributed by atoms with van der Waals surface area (Å²) in [4.78, 5) is 36.9. The topological polar surface area (TPSA) is 67.7 Å². The summed E-state index contributed by atoms with van der Waals surface area (Å²) in [6.45, 7) is 14.2. The summed E-state index contributed by atoms with van der Waals surface area (Å²) in [5.41, 5.74) is 2.83. The third-order valence-corrected chi connectivity index (χ3v) is 8.35. The third kappa shape index (κ3) is 8.43. The van der Waals surface area contributed by atoms with Crippen molar-refractivity contribution in [1.82, 2.24) is 19.4 Å². The third-order valence-electron chi connectivity index (χ3n) is 8.35. The number of ether oxygens (including phenoxy) is 1. The minimum atomic E-state index is -0.119. The Kier molecular flexibility index (Phi) is 11.6. The highest BCUT2D eigenvalue weighted by Crippen LogP contribution is 2.24. The van der Waals surface area contributed by atoms with E-state index in [1.165, 1.54) is 25.7 Å². The van der Waals surface area contributed by atoms with Crippen LogP contribution in [0.3, 0.4) is 0 Å². The number of amides is 1. The van der Waals surface area contributed by atoms with Gasteiger partial charge in [-0.25, -0.2) is 4.98 Å². The zero-order valence-electron chi connectivity index (χ0n) is 26.4. The Morgan fingerprint density at radius 3 is 2.07 bits per heavy atom. The van der Waals surface area contributed by atoms with E-state index in [4.69, 9.17) is 9.72 Å². The highest BCUT2D eigenvalue weighted by atomic mass is 16.5. The number of fused-ring (bicyclic) bond motifs is 1. The number of imidazole rings is 1. The zero-order valence-corrected chi connectivity index (χ0v) is 26.4. The van der Waals surface area contributed by atoms with Gasteiger partial charge < -0.3 is 19.1 Å². The van der Waals surface area contributed by atoms with E-state index in [2.05, 4.69) is 32.6 Å². The lowest BCUT2D eigenvalue weighted by molar-refractivity contribution is 0.0740. The molecule has 0 aliphatic carbocycles. The maximum absolute atomic E-state index is 13.8. The maximum Gasteiger partial charge on any atom is 0.253 e. The van der Waals surface area contributed by atoms with Crippen LogP contribution in [0, 0.1) is 11.8 Å². The van der Waals surface area contributed by atoms with Crippen LogP contribution in [-0.4, -0.2) is 70.9 Å². The normalized spacial score (nSPS) is 14.5. The Morgan fingerprint density at radius 1 is 0.857 bits per heavy atom. The quantitative estimate of drug-likeness (QED) is 0.193. The molecule has 1 fully saturated rings. The Bertz CT molecular complexity index is 1290. The molecule has 1 aliphatic heterocycles. The second-order valence-electron chi connectivity index (χ2n) is 12.6. The molecule has 0 saturated carbocycles. The summed E-state index contributed by atoms with van der Waals surface area (Å²) >= 11 is 0. The van der Waals surface area contributed by atoms with Crippen molar-refractivity contribution in [3.05, 3.63) is 59.4 Å². The van der Waals surface area contributed by atoms with Crippen LogP contribution < -0.4 is 4.74 Å². The molecule has 0 unspecified atom stereocenters. The first-order chi connectivity index (χ1) is 20.3. The SMILES string of the molecule is COc1ccc(C(=O)c2nc3ccc(C(=O)N(CCC(C)C)CCC(C)C)cc3n2CCCN2CCCCCC2)cc1. The Labute approximate surface area is 252 Å². The number of benzene rings is 2. The zero-order chi connectivity index (χ0) is 30.1. The van der Waals surface area contributed by atoms with E-state index in [1.807, 2.05) is 27.7 Å². The van der Waals surface area contributed by atoms with Crippen LogP contribution in [0.15, 0.2) is 42.5 Å². The van der Waals surface area contributed by atoms with Gasteiger partial charge in [-0.15, -0.1) is 0 Å². The molecule has 0 atom stereocenters. The number of hydrogen-bond acceptors (Lipinski definition) is 5. The molecule has 1 amide bonds. The van der Waals surface area contributed by atoms with Crippen LogP contribution in [-0.2, 0) is 6.54 Å². The van der Waals surface area contributed by atoms with Crippen LogP contribution in [0.25, 0.3) is 11.0 Å². The van der Waals surface area contributed by atoms with E-state index in [0.29, 0.717) is 41.1 Å². The van der Waals surface area contributed by atoms with Gasteiger partial charge in [-0.05, 0) is 106 Å². The number of nitrogens with zero attached hydrogens (tertiary/aromatic N) is 4. The van der Waals surface area contributed by atoms with Gasteiger partial charge in [0.25, 0.3) is 5.91 Å². The predicted molar refractivity (Wildman–Crippen MR) is 170 cm³/mol. The average molecular weight is 575 g/mol. The average Bonchev–Trinajstić information content (AvgIpc) is 3.14. The van der Waals surface area contributed by atoms with Gasteiger partial charge in [-0.2, -0.15) is 0 Å². The molecule has 1 aromatic heterocycles. The molecular formula is C35H50N4O3. The van der Waals surface area contributed by atoms with Gasteiger partial charge >= 0.3 is 0 Å². The predicted octanol–water partition coefficient (Wildman–Crippen LogP) is 7.08. The van der Waals surface area contributed by atoms with Gasteiger partial charge in [0.2, 0.25) is 5.78 Å². The van der Waals surface area contributed by atoms with Crippen molar-refractivity contribution in [3.63, 3.8) is 0 Å². The molecule has 1 saturated heterocycles. The van der Waals surface area contributed by atoms with Gasteiger partial charge in [0.05, 0.1) is 18.1 Å². The molecule has 0 bridgehead atoms. The fraction of sp³-hybridized carbons (Fsp3) is 0.571. The fourth-order valence-corrected chi connectivity index (χ4v) is 5.66. The van der Waals surface area contributed by atoms with Gasteiger partial charge in [-0.1, -0.05) is 40.5 Å². The van der Waals surface area contributed by atoms with Crippen molar-refractivity contribution in [2.24, 2.45) is 11.8 Å². The van der Waals surface area contributed by atoms with E-state index in [9.17, 15) is 9.59 Å². The van der Waals surface area contributed by atoms with Crippen molar-refractivity contribution < 1.29 is 14.3 Å². The molecule has 7 nitrogen and oxygen atoms in total. The first kappa shape index (κ1) is 31.7. The molecule has 7 heteroatoms. The lowest BCUT2D eigenvalue weighted by Crippen LogP contribution is -2.34. The number of ketones is 1. The van der Waals surface area contributed by atoms with E-state index in [1.54, 1.807) is 31.4 Å². The minimum absolute atomic E-state index is 0.0542. The first-order valence-corrected chi connectivity index (χ1v) is 16.0. The number of aromatic nitrogens is 2. The van der Waals surface area contributed by atoms with Gasteiger partial charge in [-0.3, -0.25) is 9.59 Å². The van der Waals surface area contributed by atoms with Crippen molar-refractivity contribution in [1.29, 1.82) is 0 Å². The fourth-order valence-electron chi connectivity index (χ4n) is 5.66. The Balaban J connectivity index is 1.65. The molecule has 2 aromatic carbocycles. The molecular weight excluding hydrogens is 524 g/mol. The van der Waals surface area contributed by atoms with Crippen molar-refractivity contribution >= 4 is 22.7 Å². The maximum atomic E-state index is 13.8. The standard InChI is InChI=1S/C35H50N4O3/c1-26(2)17-23-38(24-18-27(3)4)35(41)29-13-16-31-32(25-29)39(22-10-21-37-19-8-6-7-9-20-37)34(36-31)33(40)28-11-14-30(42-5)15-12-28/h11-16,25-27H,6-10,17-24H2,1-5H3. The lowest BCUT2D eigenvalue weighted by Gasteiger charge is -2.25. The highest BCUT2D eigenvalue weighted by molar-refractivity contribution is 6.08. The van der Waals surface area contributed by atoms with Gasteiger partial charge in [0.15, 0.2) is 5.82 Å². The van der Waals surface area contributed by atoms with Crippen LogP contribution in [0.1, 0.15) is 99.2 Å². The lowest BCUT2D eigenvalue weighted by atomic mass is 10.1. The molecule has 42 heavy (non-hydrogen) atoms. The smallest absolute Gasteiger partial charge is 0.253 e. The van der Waals surface area contributed by atoms with Crippen LogP contribution in [0.5, 0.6) is 5.75 Å². The first-order valence-electron chi connectivity index (χ1n) is 16.0. The number of aryl methyl sites for hydroxylation is 1. The summed E-state index contributed by atoms with van der Waals surface area (Å²) in [7, 11) is 1.62. The van der Waals surface area contributed by atoms with E-state index >= 15 is 0 Å². The van der Waals surface area contributed by atoms with Crippen LogP contribution >= 0.6 is 0 Å². The minimum Gasteiger partial charge on any atom is -0.497 e. The number of likely N-dealkylation sites (tertiary alicyclic amines) is 1. The number of hydrogen-bond donors (Lipinski definition) is 0. The monoisotopic (exact) mass is 574 g/mol. The summed E-state index contributed by atoms with van der Waals surface area (Å²) in [6.07, 6.45) is 8.00. The largest absolute Gasteiger partial charge is 0.497 e. The molecule has 228 valence electrons. The molecule has 3 aromatic rings. The number of rotatable bonds is 14. The summed E-state index contributed by atoms with van der Waals surface area (Å²) in [6, 6.07) is 12.9. The van der Waals surface area contributed by atoms with Crippen molar-refractivity contribution in [3.8, 4) is 5.75 Å². The van der Waals surface area contributed by atoms with Gasteiger partial charge in [0, 0.05) is 30.8 Å². The number of carbonyl (C=O) groups is 2. The van der Waals surface area contributed by atoms with E-state index in [0.717, 1.165) is 63.0 Å². The summed E-state index contributed by atoms with van der Waals surface area (Å²) in [5, 5.41) is 0. The molecule has 4 rings (SSSR count). The Morgan fingerprint density at radius 2 is 1.48 bits per heavy atom. The number of methoxy groups -OCH3 is 1. The van der Waals surface area contributed by atoms with E-state index in [-0.39, 0.29) is 11.7 Å². The summed E-state index contributed by atoms with van der Waals surface area (Å²) < 4.78 is 7.33. The molecule has 0 spiro atoms. The Hall–Kier alpha value is -3.19. The second kappa shape index (κ2) is 15.3. The molecule has 1 aliphatic rings. The van der Waals surface area contributed by atoms with Gasteiger partial charge in [0.1, 0.15) is 5.75 Å². The number of carbonyl (C=O) groups excluding carboxylic acids is 2. The second-order valence-corrected chi connectivity index (χ2v) is 12.6. The molecule has 0 radical (unpaired) electrons. The highest BCUT2D eigenvalue weighted by Gasteiger charge is 2.23. The molecule has 2 heterocycles. The summed E-state index contributed by atoms with van der Waals surface area (Å²) in [5.74, 6) is 2.12. The van der Waals surface area contributed by atoms with Crippen molar-refractivity contribution in [2.75, 3.05) is 39.8 Å². The van der Waals surface area contributed by atoms with Crippen LogP contribution in [0.4, 0.5) is 0 Å². The van der Waals surface area contributed by atoms with Crippen LogP contribution in [0.2, 0.25) is 0 Å². The van der Waals surface area contributed by atoms with E-state index < -0.39 is 0 Å².